The standard InChI is InChI=1S/C20H34O4S/c1-2-3-4-5-14-25-15-11-17-16(18-8-9-19(17)24-18)10-13-23-12-6-7-20(21)22/h6-7,16-19H,2-5,8-15H2,1H3,(H,21,22)/t16-,17+,18-,19+/m0/s1. The van der Waals surface area contributed by atoms with Crippen molar-refractivity contribution in [2.45, 2.75) is 70.5 Å². The minimum absolute atomic E-state index is 0.381. The number of carboxylic acids is 1. The summed E-state index contributed by atoms with van der Waals surface area (Å²) in [5, 5.41) is 8.55. The molecule has 2 fully saturated rings. The molecule has 2 aliphatic rings. The zero-order valence-corrected chi connectivity index (χ0v) is 16.3. The summed E-state index contributed by atoms with van der Waals surface area (Å²) < 4.78 is 11.7. The third-order valence-electron chi connectivity index (χ3n) is 5.40. The van der Waals surface area contributed by atoms with Crippen molar-refractivity contribution >= 4 is 17.7 Å². The van der Waals surface area contributed by atoms with E-state index < -0.39 is 5.97 Å². The maximum atomic E-state index is 10.4. The average molecular weight is 371 g/mol. The topological polar surface area (TPSA) is 55.8 Å². The Kier molecular flexibility index (Phi) is 9.96. The van der Waals surface area contributed by atoms with Gasteiger partial charge in [-0.1, -0.05) is 32.3 Å². The Morgan fingerprint density at radius 1 is 1.16 bits per heavy atom. The molecule has 2 bridgehead atoms. The minimum Gasteiger partial charge on any atom is -0.478 e. The summed E-state index contributed by atoms with van der Waals surface area (Å²) in [6.07, 6.45) is 13.7. The van der Waals surface area contributed by atoms with Gasteiger partial charge in [-0.2, -0.15) is 11.8 Å². The van der Waals surface area contributed by atoms with Crippen LogP contribution in [0.4, 0.5) is 0 Å². The summed E-state index contributed by atoms with van der Waals surface area (Å²) in [7, 11) is 0. The predicted molar refractivity (Wildman–Crippen MR) is 103 cm³/mol. The fourth-order valence-corrected chi connectivity index (χ4v) is 5.19. The first-order valence-electron chi connectivity index (χ1n) is 9.92. The lowest BCUT2D eigenvalue weighted by Crippen LogP contribution is -2.28. The average Bonchev–Trinajstić information content (AvgIpc) is 3.19. The fraction of sp³-hybridized carbons (Fsp3) is 0.850. The smallest absolute Gasteiger partial charge is 0.328 e. The molecular formula is C20H34O4S. The van der Waals surface area contributed by atoms with Gasteiger partial charge < -0.3 is 14.6 Å². The second-order valence-electron chi connectivity index (χ2n) is 7.18. The van der Waals surface area contributed by atoms with Gasteiger partial charge in [0.05, 0.1) is 18.8 Å². The number of rotatable bonds is 14. The summed E-state index contributed by atoms with van der Waals surface area (Å²) in [5.41, 5.74) is 0. The maximum Gasteiger partial charge on any atom is 0.328 e. The Bertz CT molecular complexity index is 413. The lowest BCUT2D eigenvalue weighted by molar-refractivity contribution is -0.131. The summed E-state index contributed by atoms with van der Waals surface area (Å²) in [5.74, 6) is 2.95. The molecule has 0 unspecified atom stereocenters. The molecule has 0 radical (unpaired) electrons. The van der Waals surface area contributed by atoms with E-state index in [2.05, 4.69) is 18.7 Å². The second kappa shape index (κ2) is 12.0. The predicted octanol–water partition coefficient (Wildman–Crippen LogP) is 4.53. The van der Waals surface area contributed by atoms with Crippen molar-refractivity contribution in [3.63, 3.8) is 0 Å². The van der Waals surface area contributed by atoms with Crippen LogP contribution in [0, 0.1) is 11.8 Å². The molecule has 1 N–H and O–H groups in total. The molecule has 144 valence electrons. The van der Waals surface area contributed by atoms with E-state index in [1.165, 1.54) is 56.5 Å². The van der Waals surface area contributed by atoms with E-state index in [1.807, 2.05) is 0 Å². The highest BCUT2D eigenvalue weighted by molar-refractivity contribution is 7.99. The Morgan fingerprint density at radius 3 is 2.64 bits per heavy atom. The molecular weight excluding hydrogens is 336 g/mol. The second-order valence-corrected chi connectivity index (χ2v) is 8.41. The van der Waals surface area contributed by atoms with Crippen molar-refractivity contribution < 1.29 is 19.4 Å². The van der Waals surface area contributed by atoms with E-state index in [1.54, 1.807) is 6.08 Å². The van der Waals surface area contributed by atoms with Crippen molar-refractivity contribution in [2.75, 3.05) is 24.7 Å². The summed E-state index contributed by atoms with van der Waals surface area (Å²) in [6.45, 7) is 3.34. The van der Waals surface area contributed by atoms with Crippen LogP contribution in [0.2, 0.25) is 0 Å². The van der Waals surface area contributed by atoms with Gasteiger partial charge in [0.25, 0.3) is 0 Å². The number of ether oxygens (including phenoxy) is 2. The molecule has 0 amide bonds. The minimum atomic E-state index is -0.919. The van der Waals surface area contributed by atoms with E-state index in [-0.39, 0.29) is 0 Å². The Morgan fingerprint density at radius 2 is 1.92 bits per heavy atom. The monoisotopic (exact) mass is 370 g/mol. The normalized spacial score (nSPS) is 28.2. The van der Waals surface area contributed by atoms with Crippen LogP contribution in [0.1, 0.15) is 58.3 Å². The first kappa shape index (κ1) is 20.8. The van der Waals surface area contributed by atoms with Crippen LogP contribution in [0.15, 0.2) is 12.2 Å². The van der Waals surface area contributed by atoms with Crippen LogP contribution < -0.4 is 0 Å². The Balaban J connectivity index is 1.60. The fourth-order valence-electron chi connectivity index (χ4n) is 4.14. The maximum absolute atomic E-state index is 10.4. The number of carbonyl (C=O) groups is 1. The Labute approximate surface area is 156 Å². The zero-order valence-electron chi connectivity index (χ0n) is 15.5. The molecule has 2 rings (SSSR count). The number of aliphatic carboxylic acids is 1. The highest BCUT2D eigenvalue weighted by atomic mass is 32.2. The number of hydrogen-bond acceptors (Lipinski definition) is 4. The van der Waals surface area contributed by atoms with Crippen molar-refractivity contribution in [3.8, 4) is 0 Å². The molecule has 0 aliphatic carbocycles. The highest BCUT2D eigenvalue weighted by Crippen LogP contribution is 2.46. The van der Waals surface area contributed by atoms with Gasteiger partial charge in [0, 0.05) is 12.7 Å². The summed E-state index contributed by atoms with van der Waals surface area (Å²) in [4.78, 5) is 10.4. The van der Waals surface area contributed by atoms with Gasteiger partial charge in [0.2, 0.25) is 0 Å². The van der Waals surface area contributed by atoms with E-state index in [4.69, 9.17) is 14.6 Å². The van der Waals surface area contributed by atoms with Gasteiger partial charge in [-0.3, -0.25) is 0 Å². The number of hydrogen-bond donors (Lipinski definition) is 1. The highest BCUT2D eigenvalue weighted by Gasteiger charge is 2.47. The molecule has 2 saturated heterocycles. The third kappa shape index (κ3) is 7.32. The summed E-state index contributed by atoms with van der Waals surface area (Å²) >= 11 is 2.11. The van der Waals surface area contributed by atoms with Crippen LogP contribution in [0.5, 0.6) is 0 Å². The molecule has 25 heavy (non-hydrogen) atoms. The van der Waals surface area contributed by atoms with Crippen LogP contribution >= 0.6 is 11.8 Å². The molecule has 5 heteroatoms. The van der Waals surface area contributed by atoms with Crippen LogP contribution in [0.3, 0.4) is 0 Å². The number of carboxylic acid groups (broad SMARTS) is 1. The van der Waals surface area contributed by atoms with Gasteiger partial charge in [-0.15, -0.1) is 0 Å². The quantitative estimate of drug-likeness (QED) is 0.360. The van der Waals surface area contributed by atoms with Gasteiger partial charge in [-0.05, 0) is 55.4 Å². The van der Waals surface area contributed by atoms with Crippen LogP contribution in [-0.4, -0.2) is 48.0 Å². The molecule has 2 heterocycles. The number of unbranched alkanes of at least 4 members (excludes halogenated alkanes) is 3. The summed E-state index contributed by atoms with van der Waals surface area (Å²) in [6, 6.07) is 0. The lowest BCUT2D eigenvalue weighted by Gasteiger charge is -2.27. The molecule has 2 aliphatic heterocycles. The van der Waals surface area contributed by atoms with E-state index in [0.29, 0.717) is 37.3 Å². The van der Waals surface area contributed by atoms with Crippen LogP contribution in [-0.2, 0) is 14.3 Å². The first-order chi connectivity index (χ1) is 12.2. The van der Waals surface area contributed by atoms with Crippen molar-refractivity contribution in [2.24, 2.45) is 11.8 Å². The van der Waals surface area contributed by atoms with Gasteiger partial charge in [0.15, 0.2) is 0 Å². The Hall–Kier alpha value is -0.520. The third-order valence-corrected chi connectivity index (χ3v) is 6.50. The zero-order chi connectivity index (χ0) is 17.9. The van der Waals surface area contributed by atoms with Gasteiger partial charge in [0.1, 0.15) is 0 Å². The van der Waals surface area contributed by atoms with E-state index in [0.717, 1.165) is 12.5 Å². The molecule has 4 atom stereocenters. The van der Waals surface area contributed by atoms with Crippen molar-refractivity contribution in [3.05, 3.63) is 12.2 Å². The molecule has 0 aromatic rings. The van der Waals surface area contributed by atoms with Crippen molar-refractivity contribution in [1.82, 2.24) is 0 Å². The molecule has 0 aromatic carbocycles. The SMILES string of the molecule is CCCCCCSCC[C@@H]1[C@H](CCOCC=CC(=O)O)[C@@H]2CC[C@H]1O2. The largest absolute Gasteiger partial charge is 0.478 e. The molecule has 4 nitrogen and oxygen atoms in total. The molecule has 0 saturated carbocycles. The number of fused-ring (bicyclic) bond motifs is 2. The van der Waals surface area contributed by atoms with E-state index in [9.17, 15) is 4.79 Å². The van der Waals surface area contributed by atoms with Crippen LogP contribution in [0.25, 0.3) is 0 Å². The lowest BCUT2D eigenvalue weighted by atomic mass is 9.76. The van der Waals surface area contributed by atoms with Crippen molar-refractivity contribution in [1.29, 1.82) is 0 Å². The number of thioether (sulfide) groups is 1. The van der Waals surface area contributed by atoms with E-state index >= 15 is 0 Å². The van der Waals surface area contributed by atoms with Gasteiger partial charge in [-0.25, -0.2) is 4.79 Å². The molecule has 0 spiro atoms. The first-order valence-corrected chi connectivity index (χ1v) is 11.1. The molecule has 0 aromatic heterocycles. The van der Waals surface area contributed by atoms with Gasteiger partial charge >= 0.3 is 5.97 Å².